The number of amides is 3. The van der Waals surface area contributed by atoms with E-state index in [0.29, 0.717) is 37.0 Å². The number of benzene rings is 1. The van der Waals surface area contributed by atoms with E-state index in [2.05, 4.69) is 15.6 Å². The first-order valence-electron chi connectivity index (χ1n) is 9.64. The minimum atomic E-state index is -0.201. The van der Waals surface area contributed by atoms with Crippen molar-refractivity contribution in [2.75, 3.05) is 25.0 Å². The minimum Gasteiger partial charge on any atom is -0.457 e. The summed E-state index contributed by atoms with van der Waals surface area (Å²) in [7, 11) is 0. The molecule has 8 nitrogen and oxygen atoms in total. The normalized spacial score (nSPS) is 10.6. The number of rotatable bonds is 6. The molecule has 0 bridgehead atoms. The third-order valence-corrected chi connectivity index (χ3v) is 4.46. The van der Waals surface area contributed by atoms with E-state index in [9.17, 15) is 9.59 Å². The molecule has 2 heterocycles. The molecule has 0 aliphatic carbocycles. The molecule has 3 aromatic rings. The van der Waals surface area contributed by atoms with Crippen LogP contribution in [0, 0.1) is 0 Å². The van der Waals surface area contributed by atoms with Gasteiger partial charge in [-0.2, -0.15) is 0 Å². The maximum absolute atomic E-state index is 12.2. The molecule has 0 radical (unpaired) electrons. The van der Waals surface area contributed by atoms with E-state index in [1.54, 1.807) is 40.1 Å². The average molecular weight is 395 g/mol. The van der Waals surface area contributed by atoms with Crippen molar-refractivity contribution in [3.05, 3.63) is 48.8 Å². The molecule has 8 heteroatoms. The number of hydrogen-bond donors (Lipinski definition) is 2. The lowest BCUT2D eigenvalue weighted by atomic mass is 10.2. The van der Waals surface area contributed by atoms with Gasteiger partial charge in [0.05, 0.1) is 5.52 Å². The van der Waals surface area contributed by atoms with Gasteiger partial charge in [-0.15, -0.1) is 0 Å². The van der Waals surface area contributed by atoms with Gasteiger partial charge >= 0.3 is 12.1 Å². The number of carbonyl (C=O) groups is 2. The van der Waals surface area contributed by atoms with Gasteiger partial charge in [0, 0.05) is 43.5 Å². The van der Waals surface area contributed by atoms with E-state index in [1.807, 2.05) is 39.0 Å². The number of fused-ring (bicyclic) bond motifs is 1. The van der Waals surface area contributed by atoms with Crippen molar-refractivity contribution in [3.63, 3.8) is 0 Å². The summed E-state index contributed by atoms with van der Waals surface area (Å²) in [6, 6.07) is 10.4. The molecule has 3 amide bonds. The number of urea groups is 1. The minimum absolute atomic E-state index is 0.168. The average Bonchev–Trinajstić information content (AvgIpc) is 3.13. The first kappa shape index (κ1) is 20.2. The maximum Gasteiger partial charge on any atom is 0.326 e. The maximum atomic E-state index is 12.2. The zero-order valence-corrected chi connectivity index (χ0v) is 16.8. The summed E-state index contributed by atoms with van der Waals surface area (Å²) in [6.07, 6.45) is 3.31. The molecule has 1 aromatic carbocycles. The lowest BCUT2D eigenvalue weighted by molar-refractivity contribution is 0.217. The Labute approximate surface area is 169 Å². The first-order chi connectivity index (χ1) is 14.0. The summed E-state index contributed by atoms with van der Waals surface area (Å²) >= 11 is 0. The fourth-order valence-electron chi connectivity index (χ4n) is 2.98. The summed E-state index contributed by atoms with van der Waals surface area (Å²) in [5.74, 6) is 1.60. The van der Waals surface area contributed by atoms with Crippen LogP contribution in [0.5, 0.6) is 11.5 Å². The molecule has 0 atom stereocenters. The number of pyridine rings is 1. The molecule has 0 aliphatic rings. The quantitative estimate of drug-likeness (QED) is 0.652. The van der Waals surface area contributed by atoms with Crippen LogP contribution in [0.4, 0.5) is 15.4 Å². The second-order valence-electron chi connectivity index (χ2n) is 6.32. The number of nitrogens with one attached hydrogen (secondary N) is 2. The molecule has 0 fully saturated rings. The Morgan fingerprint density at radius 1 is 1.07 bits per heavy atom. The largest absolute Gasteiger partial charge is 0.457 e. The monoisotopic (exact) mass is 395 g/mol. The van der Waals surface area contributed by atoms with Crippen LogP contribution < -0.4 is 15.4 Å². The van der Waals surface area contributed by atoms with E-state index >= 15 is 0 Å². The van der Waals surface area contributed by atoms with Gasteiger partial charge in [-0.05, 0) is 51.1 Å². The number of ether oxygens (including phenoxy) is 1. The van der Waals surface area contributed by atoms with Gasteiger partial charge < -0.3 is 15.0 Å². The summed E-state index contributed by atoms with van der Waals surface area (Å²) in [6.45, 7) is 7.53. The van der Waals surface area contributed by atoms with Crippen molar-refractivity contribution < 1.29 is 14.3 Å². The molecule has 2 N–H and O–H groups in total. The van der Waals surface area contributed by atoms with Gasteiger partial charge in [0.2, 0.25) is 0 Å². The first-order valence-corrected chi connectivity index (χ1v) is 9.64. The van der Waals surface area contributed by atoms with E-state index in [4.69, 9.17) is 4.74 Å². The second-order valence-corrected chi connectivity index (χ2v) is 6.32. The predicted octanol–water partition coefficient (Wildman–Crippen LogP) is 4.28. The molecular weight excluding hydrogens is 370 g/mol. The molecule has 2 aromatic heterocycles. The fraction of sp³-hybridized carbons (Fsp3) is 0.286. The fourth-order valence-corrected chi connectivity index (χ4v) is 2.98. The third kappa shape index (κ3) is 4.66. The molecule has 0 unspecified atom stereocenters. The number of hydrogen-bond acceptors (Lipinski definition) is 4. The number of anilines is 1. The predicted molar refractivity (Wildman–Crippen MR) is 113 cm³/mol. The number of nitrogens with zero attached hydrogens (tertiary/aromatic N) is 3. The van der Waals surface area contributed by atoms with E-state index in [1.165, 1.54) is 0 Å². The number of aromatic nitrogens is 2. The molecule has 0 saturated carbocycles. The summed E-state index contributed by atoms with van der Waals surface area (Å²) in [5.41, 5.74) is 0.796. The summed E-state index contributed by atoms with van der Waals surface area (Å²) in [5, 5.41) is 6.44. The van der Waals surface area contributed by atoms with Crippen molar-refractivity contribution >= 4 is 28.8 Å². The smallest absolute Gasteiger partial charge is 0.326 e. The van der Waals surface area contributed by atoms with Crippen LogP contribution in [-0.4, -0.2) is 46.1 Å². The highest BCUT2D eigenvalue weighted by Gasteiger charge is 2.12. The van der Waals surface area contributed by atoms with Crippen LogP contribution in [0.15, 0.2) is 48.8 Å². The van der Waals surface area contributed by atoms with Crippen LogP contribution in [0.2, 0.25) is 0 Å². The van der Waals surface area contributed by atoms with Crippen LogP contribution in [0.25, 0.3) is 10.9 Å². The van der Waals surface area contributed by atoms with Gasteiger partial charge in [0.15, 0.2) is 0 Å². The molecule has 152 valence electrons. The van der Waals surface area contributed by atoms with Gasteiger partial charge in [-0.25, -0.2) is 14.6 Å². The van der Waals surface area contributed by atoms with Crippen LogP contribution in [0.1, 0.15) is 20.8 Å². The highest BCUT2D eigenvalue weighted by atomic mass is 16.5. The lowest BCUT2D eigenvalue weighted by Gasteiger charge is -2.18. The Hall–Kier alpha value is -3.55. The van der Waals surface area contributed by atoms with Crippen molar-refractivity contribution in [2.24, 2.45) is 0 Å². The summed E-state index contributed by atoms with van der Waals surface area (Å²) < 4.78 is 7.49. The van der Waals surface area contributed by atoms with E-state index in [-0.39, 0.29) is 12.1 Å². The highest BCUT2D eigenvalue weighted by Crippen LogP contribution is 2.27. The van der Waals surface area contributed by atoms with Crippen molar-refractivity contribution in [2.45, 2.75) is 20.8 Å². The van der Waals surface area contributed by atoms with Gasteiger partial charge in [0.25, 0.3) is 0 Å². The number of carbonyl (C=O) groups excluding carboxylic acids is 2. The zero-order chi connectivity index (χ0) is 20.8. The Morgan fingerprint density at radius 2 is 1.83 bits per heavy atom. The van der Waals surface area contributed by atoms with E-state index < -0.39 is 0 Å². The van der Waals surface area contributed by atoms with Gasteiger partial charge in [0.1, 0.15) is 17.3 Å². The van der Waals surface area contributed by atoms with Crippen LogP contribution in [0.3, 0.4) is 0 Å². The van der Waals surface area contributed by atoms with Crippen molar-refractivity contribution in [1.29, 1.82) is 0 Å². The van der Waals surface area contributed by atoms with Crippen molar-refractivity contribution in [3.8, 4) is 11.5 Å². The van der Waals surface area contributed by atoms with Crippen LogP contribution >= 0.6 is 0 Å². The van der Waals surface area contributed by atoms with E-state index in [0.717, 1.165) is 10.9 Å². The molecule has 3 rings (SSSR count). The molecule has 0 spiro atoms. The van der Waals surface area contributed by atoms with Gasteiger partial charge in [-0.3, -0.25) is 9.88 Å². The standard InChI is InChI=1S/C21H25N5O3/c1-4-22-20(27)26-12-10-15-13-16(7-8-18(15)26)29-17-9-11-23-19(14-17)24-21(28)25(5-2)6-3/h7-14H,4-6H2,1-3H3,(H,22,27)(H,23,24,28). The Bertz CT molecular complexity index is 1010. The lowest BCUT2D eigenvalue weighted by Crippen LogP contribution is -2.34. The molecule has 0 saturated heterocycles. The Balaban J connectivity index is 1.75. The van der Waals surface area contributed by atoms with Crippen molar-refractivity contribution in [1.82, 2.24) is 19.8 Å². The molecular formula is C21H25N5O3. The molecule has 29 heavy (non-hydrogen) atoms. The SMILES string of the molecule is CCNC(=O)n1ccc2cc(Oc3ccnc(NC(=O)N(CC)CC)c3)ccc21. The topological polar surface area (TPSA) is 88.5 Å². The third-order valence-electron chi connectivity index (χ3n) is 4.46. The van der Waals surface area contributed by atoms with Gasteiger partial charge in [-0.1, -0.05) is 0 Å². The molecule has 0 aliphatic heterocycles. The second kappa shape index (κ2) is 9.09. The Kier molecular flexibility index (Phi) is 6.33. The zero-order valence-electron chi connectivity index (χ0n) is 16.8. The summed E-state index contributed by atoms with van der Waals surface area (Å²) in [4.78, 5) is 30.1. The Morgan fingerprint density at radius 3 is 2.55 bits per heavy atom. The highest BCUT2D eigenvalue weighted by molar-refractivity contribution is 5.92. The van der Waals surface area contributed by atoms with Crippen LogP contribution in [-0.2, 0) is 0 Å².